The first-order valence-electron chi connectivity index (χ1n) is 7.34. The van der Waals surface area contributed by atoms with Gasteiger partial charge < -0.3 is 14.5 Å². The van der Waals surface area contributed by atoms with Crippen molar-refractivity contribution in [2.45, 2.75) is 45.1 Å². The quantitative estimate of drug-likeness (QED) is 0.725. The van der Waals surface area contributed by atoms with Crippen LogP contribution in [0.15, 0.2) is 0 Å². The Morgan fingerprint density at radius 2 is 2.17 bits per heavy atom. The van der Waals surface area contributed by atoms with Crippen LogP contribution >= 0.6 is 0 Å². The van der Waals surface area contributed by atoms with Crippen molar-refractivity contribution in [3.05, 3.63) is 0 Å². The second-order valence-corrected chi connectivity index (χ2v) is 5.65. The summed E-state index contributed by atoms with van der Waals surface area (Å²) in [4.78, 5) is 16.3. The summed E-state index contributed by atoms with van der Waals surface area (Å²) in [7, 11) is 2.21. The molecule has 0 aromatic carbocycles. The van der Waals surface area contributed by atoms with Gasteiger partial charge in [-0.3, -0.25) is 0 Å². The molecule has 4 nitrogen and oxygen atoms in total. The number of nitrogens with zero attached hydrogens (tertiary/aromatic N) is 2. The van der Waals surface area contributed by atoms with Crippen molar-refractivity contribution in [3.8, 4) is 0 Å². The van der Waals surface area contributed by atoms with Crippen molar-refractivity contribution in [2.75, 3.05) is 33.3 Å². The van der Waals surface area contributed by atoms with Crippen molar-refractivity contribution in [1.29, 1.82) is 0 Å². The standard InChI is InChI=1S/C14H26N2O2/c1-3-4-10-18-14(17)16-9-7-13-12(11-16)6-5-8-15(13)2/h12-13H,3-11H2,1-2H3/t12-,13-/m0/s1. The molecule has 2 heterocycles. The van der Waals surface area contributed by atoms with Gasteiger partial charge in [0.25, 0.3) is 0 Å². The molecular weight excluding hydrogens is 228 g/mol. The van der Waals surface area contributed by atoms with Gasteiger partial charge in [0.1, 0.15) is 0 Å². The van der Waals surface area contributed by atoms with E-state index in [1.807, 2.05) is 4.90 Å². The third kappa shape index (κ3) is 3.16. The molecule has 2 aliphatic rings. The van der Waals surface area contributed by atoms with Crippen LogP contribution in [-0.4, -0.2) is 55.2 Å². The fraction of sp³-hybridized carbons (Fsp3) is 0.929. The van der Waals surface area contributed by atoms with Crippen LogP contribution in [0.25, 0.3) is 0 Å². The number of ether oxygens (including phenoxy) is 1. The number of amides is 1. The third-order valence-electron chi connectivity index (χ3n) is 4.33. The lowest BCUT2D eigenvalue weighted by Crippen LogP contribution is -2.54. The summed E-state index contributed by atoms with van der Waals surface area (Å²) >= 11 is 0. The van der Waals surface area contributed by atoms with E-state index in [-0.39, 0.29) is 6.09 Å². The Labute approximate surface area is 110 Å². The van der Waals surface area contributed by atoms with E-state index in [1.165, 1.54) is 19.4 Å². The van der Waals surface area contributed by atoms with E-state index in [1.54, 1.807) is 0 Å². The zero-order valence-electron chi connectivity index (χ0n) is 11.7. The number of likely N-dealkylation sites (tertiary alicyclic amines) is 2. The second kappa shape index (κ2) is 6.41. The predicted octanol–water partition coefficient (Wildman–Crippen LogP) is 2.34. The molecule has 0 saturated carbocycles. The number of unbranched alkanes of at least 4 members (excludes halogenated alkanes) is 1. The zero-order valence-corrected chi connectivity index (χ0v) is 11.7. The van der Waals surface area contributed by atoms with Crippen LogP contribution in [0.4, 0.5) is 4.79 Å². The Kier molecular flexibility index (Phi) is 4.87. The van der Waals surface area contributed by atoms with Gasteiger partial charge in [0.15, 0.2) is 0 Å². The van der Waals surface area contributed by atoms with E-state index in [2.05, 4.69) is 18.9 Å². The lowest BCUT2D eigenvalue weighted by atomic mass is 9.84. The van der Waals surface area contributed by atoms with Crippen molar-refractivity contribution in [2.24, 2.45) is 5.92 Å². The van der Waals surface area contributed by atoms with E-state index in [9.17, 15) is 4.79 Å². The van der Waals surface area contributed by atoms with Crippen LogP contribution in [0.2, 0.25) is 0 Å². The van der Waals surface area contributed by atoms with Crippen LogP contribution in [0.5, 0.6) is 0 Å². The van der Waals surface area contributed by atoms with Gasteiger partial charge in [-0.1, -0.05) is 13.3 Å². The number of carbonyl (C=O) groups is 1. The monoisotopic (exact) mass is 254 g/mol. The Bertz CT molecular complexity index is 283. The number of fused-ring (bicyclic) bond motifs is 1. The summed E-state index contributed by atoms with van der Waals surface area (Å²) in [6.07, 6.45) is 5.56. The maximum Gasteiger partial charge on any atom is 0.409 e. The van der Waals surface area contributed by atoms with Gasteiger partial charge in [0.2, 0.25) is 0 Å². The zero-order chi connectivity index (χ0) is 13.0. The minimum absolute atomic E-state index is 0.102. The molecule has 0 aromatic heterocycles. The summed E-state index contributed by atoms with van der Waals surface area (Å²) in [5.41, 5.74) is 0. The van der Waals surface area contributed by atoms with Gasteiger partial charge in [0.05, 0.1) is 6.61 Å². The van der Waals surface area contributed by atoms with Crippen LogP contribution in [0.1, 0.15) is 39.0 Å². The molecule has 104 valence electrons. The van der Waals surface area contributed by atoms with Gasteiger partial charge in [-0.25, -0.2) is 4.79 Å². The largest absolute Gasteiger partial charge is 0.449 e. The molecule has 1 amide bonds. The van der Waals surface area contributed by atoms with E-state index < -0.39 is 0 Å². The van der Waals surface area contributed by atoms with Crippen LogP contribution in [-0.2, 0) is 4.74 Å². The normalized spacial score (nSPS) is 28.9. The fourth-order valence-electron chi connectivity index (χ4n) is 3.21. The molecule has 4 heteroatoms. The highest BCUT2D eigenvalue weighted by Gasteiger charge is 2.36. The molecule has 0 spiro atoms. The lowest BCUT2D eigenvalue weighted by Gasteiger charge is -2.45. The highest BCUT2D eigenvalue weighted by Crippen LogP contribution is 2.29. The van der Waals surface area contributed by atoms with Gasteiger partial charge in [-0.15, -0.1) is 0 Å². The number of rotatable bonds is 3. The minimum atomic E-state index is -0.102. The Morgan fingerprint density at radius 3 is 2.94 bits per heavy atom. The second-order valence-electron chi connectivity index (χ2n) is 5.65. The van der Waals surface area contributed by atoms with Crippen molar-refractivity contribution < 1.29 is 9.53 Å². The van der Waals surface area contributed by atoms with Crippen molar-refractivity contribution >= 4 is 6.09 Å². The average molecular weight is 254 g/mol. The molecule has 2 fully saturated rings. The first kappa shape index (κ1) is 13.7. The predicted molar refractivity (Wildman–Crippen MR) is 71.6 cm³/mol. The molecule has 0 radical (unpaired) electrons. The van der Waals surface area contributed by atoms with Gasteiger partial charge >= 0.3 is 6.09 Å². The van der Waals surface area contributed by atoms with Gasteiger partial charge in [-0.2, -0.15) is 0 Å². The topological polar surface area (TPSA) is 32.8 Å². The van der Waals surface area contributed by atoms with E-state index >= 15 is 0 Å². The highest BCUT2D eigenvalue weighted by molar-refractivity contribution is 5.67. The molecule has 2 saturated heterocycles. The number of piperidine rings is 2. The van der Waals surface area contributed by atoms with E-state index in [0.29, 0.717) is 18.6 Å². The summed E-state index contributed by atoms with van der Waals surface area (Å²) in [6, 6.07) is 0.679. The lowest BCUT2D eigenvalue weighted by molar-refractivity contribution is 0.0288. The number of hydrogen-bond acceptors (Lipinski definition) is 3. The van der Waals surface area contributed by atoms with Crippen LogP contribution in [0, 0.1) is 5.92 Å². The van der Waals surface area contributed by atoms with Crippen molar-refractivity contribution in [1.82, 2.24) is 9.80 Å². The molecule has 2 atom stereocenters. The average Bonchev–Trinajstić information content (AvgIpc) is 2.39. The van der Waals surface area contributed by atoms with Gasteiger partial charge in [-0.05, 0) is 45.2 Å². The first-order chi connectivity index (χ1) is 8.72. The fourth-order valence-corrected chi connectivity index (χ4v) is 3.21. The molecule has 0 unspecified atom stereocenters. The third-order valence-corrected chi connectivity index (χ3v) is 4.33. The SMILES string of the molecule is CCCCOC(=O)N1CC[C@H]2[C@@H](CCCN2C)C1. The van der Waals surface area contributed by atoms with E-state index in [0.717, 1.165) is 32.4 Å². The Hall–Kier alpha value is -0.770. The summed E-state index contributed by atoms with van der Waals surface area (Å²) in [5.74, 6) is 0.649. The summed E-state index contributed by atoms with van der Waals surface area (Å²) in [5, 5.41) is 0. The number of hydrogen-bond donors (Lipinski definition) is 0. The Morgan fingerprint density at radius 1 is 1.33 bits per heavy atom. The van der Waals surface area contributed by atoms with Crippen molar-refractivity contribution in [3.63, 3.8) is 0 Å². The maximum atomic E-state index is 11.9. The van der Waals surface area contributed by atoms with Crippen LogP contribution in [0.3, 0.4) is 0 Å². The molecule has 2 aliphatic heterocycles. The molecule has 0 aromatic rings. The maximum absolute atomic E-state index is 11.9. The summed E-state index contributed by atoms with van der Waals surface area (Å²) in [6.45, 7) is 5.63. The van der Waals surface area contributed by atoms with Gasteiger partial charge in [0, 0.05) is 19.1 Å². The highest BCUT2D eigenvalue weighted by atomic mass is 16.6. The molecular formula is C14H26N2O2. The molecule has 0 aliphatic carbocycles. The van der Waals surface area contributed by atoms with Crippen LogP contribution < -0.4 is 0 Å². The van der Waals surface area contributed by atoms with E-state index in [4.69, 9.17) is 4.74 Å². The minimum Gasteiger partial charge on any atom is -0.449 e. The smallest absolute Gasteiger partial charge is 0.409 e. The molecule has 18 heavy (non-hydrogen) atoms. The molecule has 2 rings (SSSR count). The molecule has 0 N–H and O–H groups in total. The molecule has 0 bridgehead atoms. The number of carbonyl (C=O) groups excluding carboxylic acids is 1. The Balaban J connectivity index is 1.81. The first-order valence-corrected chi connectivity index (χ1v) is 7.34. The summed E-state index contributed by atoms with van der Waals surface area (Å²) < 4.78 is 5.30.